The predicted octanol–water partition coefficient (Wildman–Crippen LogP) is 4.23. The quantitative estimate of drug-likeness (QED) is 0.512. The first-order valence-electron chi connectivity index (χ1n) is 12.7. The zero-order chi connectivity index (χ0) is 26.8. The molecule has 2 aliphatic rings. The molecule has 10 heteroatoms. The lowest BCUT2D eigenvalue weighted by molar-refractivity contribution is -0.305. The first kappa shape index (κ1) is 29.3. The number of rotatable bonds is 9. The molecule has 0 spiro atoms. The molecular formula is C27H35F3N3O3S-. The number of piperazine rings is 1. The number of unbranched alkanes of at least 4 members (excludes halogenated alkanes) is 1. The molecule has 1 saturated heterocycles. The number of β-amino-alcohol motifs (C(OH)–C–C–N with tert-alkyl or cyclic N) is 1. The highest BCUT2D eigenvalue weighted by Gasteiger charge is 2.33. The first-order chi connectivity index (χ1) is 17.7. The van der Waals surface area contributed by atoms with Gasteiger partial charge in [0.2, 0.25) is 0 Å². The molecule has 0 saturated carbocycles. The van der Waals surface area contributed by atoms with Crippen LogP contribution in [0.2, 0.25) is 0 Å². The smallest absolute Gasteiger partial charge is 0.416 e. The number of carboxylic acid groups (broad SMARTS) is 1. The van der Waals surface area contributed by atoms with Crippen LogP contribution < -0.4 is 10.0 Å². The van der Waals surface area contributed by atoms with Gasteiger partial charge in [-0.25, -0.2) is 0 Å². The summed E-state index contributed by atoms with van der Waals surface area (Å²) in [5.41, 5.74) is 1.01. The number of hydrogen-bond acceptors (Lipinski definition) is 7. The second kappa shape index (κ2) is 14.0. The molecule has 1 fully saturated rings. The molecule has 2 aliphatic heterocycles. The molecule has 204 valence electrons. The van der Waals surface area contributed by atoms with Crippen LogP contribution in [-0.2, 0) is 11.0 Å². The summed E-state index contributed by atoms with van der Waals surface area (Å²) in [6.07, 6.45) is -1.61. The van der Waals surface area contributed by atoms with Crippen molar-refractivity contribution in [1.29, 1.82) is 0 Å². The van der Waals surface area contributed by atoms with E-state index in [0.29, 0.717) is 18.8 Å². The summed E-state index contributed by atoms with van der Waals surface area (Å²) in [5, 5.41) is 18.7. The number of hydrogen-bond donors (Lipinski definition) is 1. The Morgan fingerprint density at radius 1 is 0.946 bits per heavy atom. The minimum absolute atomic E-state index is 0.186. The third-order valence-electron chi connectivity index (χ3n) is 6.42. The summed E-state index contributed by atoms with van der Waals surface area (Å²) in [6.45, 7) is 8.24. The molecule has 0 aliphatic carbocycles. The molecule has 6 nitrogen and oxygen atoms in total. The molecule has 0 bridgehead atoms. The third-order valence-corrected chi connectivity index (χ3v) is 7.55. The monoisotopic (exact) mass is 538 g/mol. The molecule has 0 amide bonds. The van der Waals surface area contributed by atoms with Crippen molar-refractivity contribution in [3.63, 3.8) is 0 Å². The summed E-state index contributed by atoms with van der Waals surface area (Å²) in [7, 11) is 0. The Hall–Kier alpha value is -2.27. The van der Waals surface area contributed by atoms with Gasteiger partial charge in [0, 0.05) is 55.0 Å². The van der Waals surface area contributed by atoms with E-state index in [1.807, 2.05) is 36.1 Å². The van der Waals surface area contributed by atoms with Gasteiger partial charge < -0.3 is 24.8 Å². The van der Waals surface area contributed by atoms with Crippen molar-refractivity contribution in [2.24, 2.45) is 0 Å². The van der Waals surface area contributed by atoms with Gasteiger partial charge in [-0.3, -0.25) is 4.90 Å². The Balaban J connectivity index is 0.000000479. The van der Waals surface area contributed by atoms with Crippen LogP contribution in [-0.4, -0.2) is 73.3 Å². The van der Waals surface area contributed by atoms with E-state index in [1.165, 1.54) is 23.9 Å². The normalized spacial score (nSPS) is 16.0. The lowest BCUT2D eigenvalue weighted by Crippen LogP contribution is -2.47. The van der Waals surface area contributed by atoms with Gasteiger partial charge in [0.25, 0.3) is 0 Å². The molecule has 2 aromatic rings. The van der Waals surface area contributed by atoms with E-state index in [2.05, 4.69) is 9.80 Å². The van der Waals surface area contributed by atoms with E-state index in [0.717, 1.165) is 67.5 Å². The maximum Gasteiger partial charge on any atom is 0.416 e. The third kappa shape index (κ3) is 8.63. The molecule has 0 unspecified atom stereocenters. The molecule has 0 radical (unpaired) electrons. The Kier molecular flexibility index (Phi) is 11.1. The standard InChI is InChI=1S/C22H26F3N3OS.C5H10O2/c23-22(24,25)17-6-7-21-19(16-17)28(18-4-1-2-5-20(18)30-21)9-3-8-26-10-12-27(13-11-26)14-15-29;1-2-3-4-5(6)7/h1-2,4-7,16,29H,3,8-15H2;2-4H2,1H3,(H,6,7)/p-1. The summed E-state index contributed by atoms with van der Waals surface area (Å²) >= 11 is 1.53. The van der Waals surface area contributed by atoms with Gasteiger partial charge >= 0.3 is 6.18 Å². The van der Waals surface area contributed by atoms with Gasteiger partial charge in [-0.1, -0.05) is 37.2 Å². The fraction of sp³-hybridized carbons (Fsp3) is 0.519. The van der Waals surface area contributed by atoms with Crippen molar-refractivity contribution in [3.05, 3.63) is 48.0 Å². The number of benzene rings is 2. The second-order valence-corrected chi connectivity index (χ2v) is 10.2. The van der Waals surface area contributed by atoms with Crippen molar-refractivity contribution < 1.29 is 28.2 Å². The lowest BCUT2D eigenvalue weighted by Gasteiger charge is -2.36. The molecular weight excluding hydrogens is 503 g/mol. The van der Waals surface area contributed by atoms with Crippen molar-refractivity contribution in [1.82, 2.24) is 9.80 Å². The number of carbonyl (C=O) groups is 1. The Labute approximate surface area is 221 Å². The summed E-state index contributed by atoms with van der Waals surface area (Å²) < 4.78 is 39.9. The predicted molar refractivity (Wildman–Crippen MR) is 138 cm³/mol. The molecule has 0 atom stereocenters. The lowest BCUT2D eigenvalue weighted by atomic mass is 10.1. The molecule has 4 rings (SSSR count). The van der Waals surface area contributed by atoms with E-state index in [4.69, 9.17) is 5.11 Å². The van der Waals surface area contributed by atoms with Crippen molar-refractivity contribution >= 4 is 29.1 Å². The molecule has 1 N–H and O–H groups in total. The number of carboxylic acids is 1. The van der Waals surface area contributed by atoms with Crippen LogP contribution in [0.15, 0.2) is 52.3 Å². The second-order valence-electron chi connectivity index (χ2n) is 9.14. The van der Waals surface area contributed by atoms with Gasteiger partial charge in [-0.2, -0.15) is 13.2 Å². The topological polar surface area (TPSA) is 70.1 Å². The number of aliphatic hydroxyl groups is 1. The number of alkyl halides is 3. The molecule has 37 heavy (non-hydrogen) atoms. The van der Waals surface area contributed by atoms with E-state index in [1.54, 1.807) is 6.07 Å². The van der Waals surface area contributed by atoms with Crippen molar-refractivity contribution in [3.8, 4) is 0 Å². The van der Waals surface area contributed by atoms with Crippen LogP contribution in [0.4, 0.5) is 24.5 Å². The van der Waals surface area contributed by atoms with E-state index in [-0.39, 0.29) is 13.0 Å². The van der Waals surface area contributed by atoms with Gasteiger partial charge in [0.15, 0.2) is 0 Å². The average Bonchev–Trinajstić information content (AvgIpc) is 2.87. The highest BCUT2D eigenvalue weighted by Crippen LogP contribution is 2.49. The summed E-state index contributed by atoms with van der Waals surface area (Å²) in [6, 6.07) is 11.9. The van der Waals surface area contributed by atoms with Gasteiger partial charge in [0.05, 0.1) is 23.5 Å². The average molecular weight is 539 g/mol. The first-order valence-corrected chi connectivity index (χ1v) is 13.6. The fourth-order valence-corrected chi connectivity index (χ4v) is 5.47. The number of nitrogens with zero attached hydrogens (tertiary/aromatic N) is 3. The number of para-hydroxylation sites is 1. The highest BCUT2D eigenvalue weighted by atomic mass is 32.2. The fourth-order valence-electron chi connectivity index (χ4n) is 4.40. The number of anilines is 2. The number of halogens is 3. The van der Waals surface area contributed by atoms with Crippen molar-refractivity contribution in [2.45, 2.75) is 48.6 Å². The number of aliphatic hydroxyl groups excluding tert-OH is 1. The van der Waals surface area contributed by atoms with E-state index < -0.39 is 17.7 Å². The van der Waals surface area contributed by atoms with Crippen LogP contribution in [0.1, 0.15) is 38.2 Å². The van der Waals surface area contributed by atoms with Crippen LogP contribution in [0.3, 0.4) is 0 Å². The molecule has 2 aromatic carbocycles. The zero-order valence-electron chi connectivity index (χ0n) is 21.2. The maximum atomic E-state index is 13.3. The van der Waals surface area contributed by atoms with Gasteiger partial charge in [0.1, 0.15) is 0 Å². The van der Waals surface area contributed by atoms with E-state index in [9.17, 15) is 23.1 Å². The Morgan fingerprint density at radius 2 is 1.59 bits per heavy atom. The maximum absolute atomic E-state index is 13.3. The molecule has 2 heterocycles. The molecule has 0 aromatic heterocycles. The summed E-state index contributed by atoms with van der Waals surface area (Å²) in [5.74, 6) is -0.943. The number of carbonyl (C=O) groups excluding carboxylic acids is 1. The Morgan fingerprint density at radius 3 is 2.19 bits per heavy atom. The highest BCUT2D eigenvalue weighted by molar-refractivity contribution is 7.99. The van der Waals surface area contributed by atoms with E-state index >= 15 is 0 Å². The largest absolute Gasteiger partial charge is 0.550 e. The van der Waals surface area contributed by atoms with Crippen molar-refractivity contribution in [2.75, 3.05) is 57.3 Å². The number of aliphatic carboxylic acids is 1. The number of fused-ring (bicyclic) bond motifs is 2. The SMILES string of the molecule is CCCCC(=O)[O-].OCCN1CCN(CCCN2c3ccccc3Sc3ccc(C(F)(F)F)cc32)CC1. The Bertz CT molecular complexity index is 1010. The minimum atomic E-state index is -4.35. The van der Waals surface area contributed by atoms with Crippen LogP contribution in [0, 0.1) is 0 Å². The van der Waals surface area contributed by atoms with Crippen LogP contribution in [0.5, 0.6) is 0 Å². The minimum Gasteiger partial charge on any atom is -0.550 e. The van der Waals surface area contributed by atoms with Crippen LogP contribution in [0.25, 0.3) is 0 Å². The zero-order valence-corrected chi connectivity index (χ0v) is 22.0. The van der Waals surface area contributed by atoms with Gasteiger partial charge in [-0.15, -0.1) is 0 Å². The van der Waals surface area contributed by atoms with Gasteiger partial charge in [-0.05, 0) is 56.1 Å². The summed E-state index contributed by atoms with van der Waals surface area (Å²) in [4.78, 5) is 18.3. The van der Waals surface area contributed by atoms with Crippen LogP contribution >= 0.6 is 11.8 Å².